The van der Waals surface area contributed by atoms with Crippen LogP contribution in [0.5, 0.6) is 0 Å². The summed E-state index contributed by atoms with van der Waals surface area (Å²) >= 11 is 0. The Bertz CT molecular complexity index is 2240. The van der Waals surface area contributed by atoms with Crippen LogP contribution in [0, 0.1) is 5.41 Å². The molecule has 0 fully saturated rings. The molecule has 82 heavy (non-hydrogen) atoms. The summed E-state index contributed by atoms with van der Waals surface area (Å²) in [4.78, 5) is 11.2. The Morgan fingerprint density at radius 3 is 0.878 bits per heavy atom. The normalized spacial score (nSPS) is 13.5. The van der Waals surface area contributed by atoms with E-state index in [0.29, 0.717) is 47.0 Å². The van der Waals surface area contributed by atoms with Gasteiger partial charge in [-0.3, -0.25) is 4.79 Å². The van der Waals surface area contributed by atoms with Gasteiger partial charge < -0.3 is 0 Å². The molecule has 0 spiro atoms. The molecule has 0 saturated carbocycles. The summed E-state index contributed by atoms with van der Waals surface area (Å²) in [7, 11) is -22.6. The first-order valence-electron chi connectivity index (χ1n) is 28.4. The molecular formula is C52H106F10N4O11S5. The maximum Gasteiger partial charge on any atom is 0.356 e. The molecule has 0 bridgehead atoms. The van der Waals surface area contributed by atoms with Crippen molar-refractivity contribution in [3.05, 3.63) is 0 Å². The second-order valence-corrected chi connectivity index (χ2v) is 32.6. The van der Waals surface area contributed by atoms with Gasteiger partial charge in [-0.2, -0.15) is 56.8 Å². The number of Topliss-reactive ketones (excluding diaryl/α,β-unsaturated/α-hetero) is 1. The molecule has 0 aromatic rings. The molecule has 0 unspecified atom stereocenters. The second-order valence-electron chi connectivity index (χ2n) is 21.9. The highest BCUT2D eigenvalue weighted by Crippen LogP contribution is 2.29. The van der Waals surface area contributed by atoms with E-state index in [9.17, 15) is 90.8 Å². The third kappa shape index (κ3) is 37.3. The first-order chi connectivity index (χ1) is 36.7. The van der Waals surface area contributed by atoms with Crippen molar-refractivity contribution in [3.8, 4) is 0 Å². The van der Waals surface area contributed by atoms with Crippen LogP contribution in [0.4, 0.5) is 43.9 Å². The number of alkyl halides is 10. The van der Waals surface area contributed by atoms with E-state index in [-0.39, 0.29) is 39.6 Å². The molecule has 0 amide bonds. The number of sulfonamides is 4. The lowest BCUT2D eigenvalue weighted by Gasteiger charge is -2.31. The van der Waals surface area contributed by atoms with Crippen LogP contribution in [0.3, 0.4) is 0 Å². The fourth-order valence-corrected chi connectivity index (χ4v) is 12.4. The van der Waals surface area contributed by atoms with Crippen LogP contribution in [0.1, 0.15) is 246 Å². The summed E-state index contributed by atoms with van der Waals surface area (Å²) in [6.07, 6.45) is 22.6. The van der Waals surface area contributed by atoms with Crippen LogP contribution in [0.2, 0.25) is 0 Å². The molecular weight excluding hydrogens is 1210 g/mol. The zero-order chi connectivity index (χ0) is 66.1. The van der Waals surface area contributed by atoms with Gasteiger partial charge in [0, 0.05) is 84.8 Å². The van der Waals surface area contributed by atoms with Gasteiger partial charge in [-0.1, -0.05) is 165 Å². The largest absolute Gasteiger partial charge is 0.356 e. The molecule has 0 aliphatic rings. The SMILES string of the molecule is CC(C)(C)C(=O)CS(=O)(=O)C(C)(F)F.CC(C)N(C(C)C)S(=O)(=O)C(C)(F)F.CCCCCCCCCCCCCCCCCCNS(=O)(=O)C(C)(F)F.CCCCN(CCCC)S(=O)(=O)C(C)(F)F.CCN(CC)S(=O)(=O)C(C)(F)F. The number of carbonyl (C=O) groups is 1. The van der Waals surface area contributed by atoms with Gasteiger partial charge >= 0.3 is 26.3 Å². The second kappa shape index (κ2) is 40.9. The summed E-state index contributed by atoms with van der Waals surface area (Å²) in [6.45, 7) is 22.4. The standard InChI is InChI=1S/C20H41F2NO2S.C10H21F2NO2S.C8H17F2NO2S.C8H14F2O3S.C6H13F2NO2S/c1-3-4-5-6-7-8-9-10-11-12-13-14-15-16-17-18-19-23-26(24,25)20(2,21)22;1-4-6-8-13(9-7-5-2)16(14,15)10(3,11)12;1-6(2)11(7(3)4)14(12,13)8(5,9)10;1-7(2,3)6(11)5-14(12,13)8(4,9)10;1-4-9(5-2)12(10,11)6(3,7)8/h23H,3-19H2,1-2H3;4-9H2,1-3H3;6-7H,1-5H3;5H2,1-4H3;4-5H2,1-3H3. The molecule has 30 heteroatoms. The Morgan fingerprint density at radius 2 is 0.671 bits per heavy atom. The van der Waals surface area contributed by atoms with E-state index in [1.165, 1.54) is 112 Å². The number of nitrogens with one attached hydrogen (secondary N) is 1. The molecule has 15 nitrogen and oxygen atoms in total. The number of unbranched alkanes of at least 4 members (excludes halogenated alkanes) is 17. The molecule has 0 saturated heterocycles. The molecule has 0 radical (unpaired) electrons. The molecule has 0 atom stereocenters. The number of hydrogen-bond acceptors (Lipinski definition) is 11. The summed E-state index contributed by atoms with van der Waals surface area (Å²) in [6, 6.07) is -0.934. The average molecular weight is 1310 g/mol. The number of ketones is 1. The Morgan fingerprint density at radius 1 is 0.390 bits per heavy atom. The molecule has 0 aliphatic carbocycles. The minimum atomic E-state index is -4.66. The Balaban J connectivity index is -0.000000311. The molecule has 1 N–H and O–H groups in total. The predicted octanol–water partition coefficient (Wildman–Crippen LogP) is 14.6. The molecule has 0 heterocycles. The fourth-order valence-electron chi connectivity index (χ4n) is 6.90. The van der Waals surface area contributed by atoms with Gasteiger partial charge in [0.1, 0.15) is 5.75 Å². The summed E-state index contributed by atoms with van der Waals surface area (Å²) in [5.41, 5.74) is -0.918. The smallest absolute Gasteiger partial charge is 0.298 e. The Hall–Kier alpha value is -1.44. The topological polar surface area (TPSA) is 210 Å². The van der Waals surface area contributed by atoms with Gasteiger partial charge in [-0.05, 0) is 47.0 Å². The molecule has 0 aromatic carbocycles. The lowest BCUT2D eigenvalue weighted by molar-refractivity contribution is -0.123. The minimum absolute atomic E-state index is 0.0717. The highest BCUT2D eigenvalue weighted by Gasteiger charge is 2.47. The van der Waals surface area contributed by atoms with Crippen molar-refractivity contribution in [3.63, 3.8) is 0 Å². The van der Waals surface area contributed by atoms with Crippen molar-refractivity contribution in [2.24, 2.45) is 5.41 Å². The van der Waals surface area contributed by atoms with Crippen molar-refractivity contribution in [2.45, 2.75) is 284 Å². The lowest BCUT2D eigenvalue weighted by atomic mass is 9.92. The summed E-state index contributed by atoms with van der Waals surface area (Å²) in [5, 5.41) is -18.6. The van der Waals surface area contributed by atoms with E-state index in [4.69, 9.17) is 0 Å². The van der Waals surface area contributed by atoms with Crippen LogP contribution >= 0.6 is 0 Å². The minimum Gasteiger partial charge on any atom is -0.298 e. The molecule has 0 rings (SSSR count). The van der Waals surface area contributed by atoms with E-state index >= 15 is 0 Å². The number of hydrogen-bond donors (Lipinski definition) is 1. The zero-order valence-electron chi connectivity index (χ0n) is 52.2. The maximum atomic E-state index is 13.0. The molecule has 0 aliphatic heterocycles. The lowest BCUT2D eigenvalue weighted by Crippen LogP contribution is -2.48. The van der Waals surface area contributed by atoms with Gasteiger partial charge in [0.2, 0.25) is 9.84 Å². The third-order valence-corrected chi connectivity index (χ3v) is 21.7. The fraction of sp³-hybridized carbons (Fsp3) is 0.981. The van der Waals surface area contributed by atoms with Gasteiger partial charge in [0.05, 0.1) is 0 Å². The number of rotatable bonds is 38. The zero-order valence-corrected chi connectivity index (χ0v) is 56.3. The number of sulfone groups is 1. The van der Waals surface area contributed by atoms with Crippen LogP contribution in [0.15, 0.2) is 0 Å². The van der Waals surface area contributed by atoms with Crippen LogP contribution in [-0.4, -0.2) is 138 Å². The third-order valence-electron chi connectivity index (χ3n) is 12.1. The highest BCUT2D eigenvalue weighted by molar-refractivity contribution is 7.93. The van der Waals surface area contributed by atoms with Crippen LogP contribution in [0.25, 0.3) is 0 Å². The molecule has 0 aromatic heterocycles. The first kappa shape index (κ1) is 89.3. The maximum absolute atomic E-state index is 13.0. The number of carbonyl (C=O) groups excluding carboxylic acids is 1. The van der Waals surface area contributed by atoms with Crippen LogP contribution in [-0.2, 0) is 54.7 Å². The highest BCUT2D eigenvalue weighted by atomic mass is 32.2. The van der Waals surface area contributed by atoms with Gasteiger partial charge in [0.15, 0.2) is 5.78 Å². The first-order valence-corrected chi connectivity index (χ1v) is 35.9. The number of nitrogens with zero attached hydrogens (tertiary/aromatic N) is 3. The predicted molar refractivity (Wildman–Crippen MR) is 311 cm³/mol. The monoisotopic (exact) mass is 1310 g/mol. The summed E-state index contributed by atoms with van der Waals surface area (Å²) < 4.78 is 244. The summed E-state index contributed by atoms with van der Waals surface area (Å²) in [5.74, 6) is -1.82. The van der Waals surface area contributed by atoms with Gasteiger partial charge in [-0.25, -0.2) is 46.8 Å². The van der Waals surface area contributed by atoms with Gasteiger partial charge in [0.25, 0.3) is 40.1 Å². The van der Waals surface area contributed by atoms with Crippen molar-refractivity contribution in [1.82, 2.24) is 17.6 Å². The van der Waals surface area contributed by atoms with E-state index < -0.39 is 105 Å². The van der Waals surface area contributed by atoms with E-state index in [0.717, 1.165) is 45.0 Å². The Labute approximate surface area is 490 Å². The van der Waals surface area contributed by atoms with E-state index in [1.807, 2.05) is 18.6 Å². The van der Waals surface area contributed by atoms with E-state index in [2.05, 4.69) is 6.92 Å². The van der Waals surface area contributed by atoms with E-state index in [1.54, 1.807) is 27.7 Å². The van der Waals surface area contributed by atoms with Gasteiger partial charge in [-0.15, -0.1) is 0 Å². The average Bonchev–Trinajstić information content (AvgIpc) is 3.28. The number of halogens is 10. The van der Waals surface area contributed by atoms with Crippen molar-refractivity contribution in [2.75, 3.05) is 38.5 Å². The van der Waals surface area contributed by atoms with Crippen molar-refractivity contribution >= 4 is 55.7 Å². The molecule has 500 valence electrons. The van der Waals surface area contributed by atoms with Crippen molar-refractivity contribution < 1.29 is 90.8 Å². The Kier molecular flexibility index (Phi) is 44.6. The van der Waals surface area contributed by atoms with Crippen molar-refractivity contribution in [1.29, 1.82) is 0 Å². The van der Waals surface area contributed by atoms with Crippen LogP contribution < -0.4 is 4.72 Å². The quantitative estimate of drug-likeness (QED) is 0.0454.